The van der Waals surface area contributed by atoms with Gasteiger partial charge < -0.3 is 19.0 Å². The van der Waals surface area contributed by atoms with Crippen LogP contribution in [0.3, 0.4) is 0 Å². The average molecular weight is 455 g/mol. The molecule has 0 aliphatic heterocycles. The van der Waals surface area contributed by atoms with Crippen molar-refractivity contribution in [2.75, 3.05) is 13.7 Å². The lowest BCUT2D eigenvalue weighted by Gasteiger charge is -2.35. The largest absolute Gasteiger partial charge is 0.469 e. The number of hydrogen-bond donors (Lipinski definition) is 0. The minimum atomic E-state index is -0.324. The van der Waals surface area contributed by atoms with E-state index in [9.17, 15) is 14.4 Å². The molecule has 1 fully saturated rings. The Hall–Kier alpha value is -3.09. The first-order valence-corrected chi connectivity index (χ1v) is 11.8. The lowest BCUT2D eigenvalue weighted by Crippen LogP contribution is -2.48. The maximum Gasteiger partial charge on any atom is 0.305 e. The number of ether oxygens (including phenoxy) is 1. The summed E-state index contributed by atoms with van der Waals surface area (Å²) in [4.78, 5) is 41.5. The number of esters is 1. The fourth-order valence-electron chi connectivity index (χ4n) is 4.32. The van der Waals surface area contributed by atoms with Crippen LogP contribution in [0, 0.1) is 0 Å². The second-order valence-corrected chi connectivity index (χ2v) is 8.56. The molecule has 0 saturated heterocycles. The number of nitrogens with zero attached hydrogens (tertiary/aromatic N) is 2. The monoisotopic (exact) mass is 454 g/mol. The Morgan fingerprint density at radius 1 is 0.939 bits per heavy atom. The Morgan fingerprint density at radius 3 is 2.36 bits per heavy atom. The number of amides is 2. The van der Waals surface area contributed by atoms with Crippen molar-refractivity contribution in [3.05, 3.63) is 60.1 Å². The third-order valence-electron chi connectivity index (χ3n) is 6.14. The van der Waals surface area contributed by atoms with E-state index in [0.29, 0.717) is 25.3 Å². The molecule has 0 spiro atoms. The molecule has 33 heavy (non-hydrogen) atoms. The molecule has 2 amide bonds. The van der Waals surface area contributed by atoms with Crippen LogP contribution in [0.2, 0.25) is 0 Å². The molecular formula is C26H34N2O5. The Labute approximate surface area is 195 Å². The highest BCUT2D eigenvalue weighted by Gasteiger charge is 2.29. The van der Waals surface area contributed by atoms with Crippen molar-refractivity contribution >= 4 is 17.8 Å². The van der Waals surface area contributed by atoms with Gasteiger partial charge in [0.15, 0.2) is 0 Å². The maximum absolute atomic E-state index is 13.5. The normalized spacial score (nSPS) is 14.0. The lowest BCUT2D eigenvalue weighted by atomic mass is 9.93. The van der Waals surface area contributed by atoms with E-state index < -0.39 is 0 Å². The van der Waals surface area contributed by atoms with E-state index >= 15 is 0 Å². The van der Waals surface area contributed by atoms with Gasteiger partial charge in [0.05, 0.1) is 19.9 Å². The van der Waals surface area contributed by atoms with Crippen LogP contribution in [0.15, 0.2) is 53.1 Å². The first-order chi connectivity index (χ1) is 16.1. The molecule has 1 saturated carbocycles. The molecule has 0 bridgehead atoms. The third kappa shape index (κ3) is 7.77. The molecule has 178 valence electrons. The Kier molecular flexibility index (Phi) is 9.54. The van der Waals surface area contributed by atoms with Gasteiger partial charge >= 0.3 is 5.97 Å². The summed E-state index contributed by atoms with van der Waals surface area (Å²) in [7, 11) is 1.34. The molecule has 7 heteroatoms. The number of carbonyl (C=O) groups is 3. The van der Waals surface area contributed by atoms with Crippen LogP contribution < -0.4 is 0 Å². The average Bonchev–Trinajstić information content (AvgIpc) is 3.36. The first-order valence-electron chi connectivity index (χ1n) is 11.8. The van der Waals surface area contributed by atoms with E-state index in [4.69, 9.17) is 4.42 Å². The number of benzene rings is 1. The molecule has 1 aromatic heterocycles. The SMILES string of the molecule is COC(=O)CCCC(=O)N(CC(=O)N(Cc1ccccc1)Cc1ccco1)C1CCCCC1. The predicted octanol–water partition coefficient (Wildman–Crippen LogP) is 4.31. The quantitative estimate of drug-likeness (QED) is 0.473. The van der Waals surface area contributed by atoms with Crippen molar-refractivity contribution in [2.45, 2.75) is 70.5 Å². The summed E-state index contributed by atoms with van der Waals surface area (Å²) in [6.45, 7) is 0.820. The van der Waals surface area contributed by atoms with Gasteiger partial charge in [0.2, 0.25) is 11.8 Å². The number of carbonyl (C=O) groups excluding carboxylic acids is 3. The first kappa shape index (κ1) is 24.6. The smallest absolute Gasteiger partial charge is 0.305 e. The standard InChI is InChI=1S/C26H34N2O5/c1-32-26(31)16-8-15-24(29)28(22-12-6-3-7-13-22)20-25(30)27(19-23-14-9-17-33-23)18-21-10-4-2-5-11-21/h2,4-5,9-11,14,17,22H,3,6-8,12-13,15-16,18-20H2,1H3. The van der Waals surface area contributed by atoms with Gasteiger partial charge in [-0.3, -0.25) is 14.4 Å². The molecule has 0 atom stereocenters. The van der Waals surface area contributed by atoms with Crippen molar-refractivity contribution in [3.63, 3.8) is 0 Å². The zero-order valence-corrected chi connectivity index (χ0v) is 19.4. The molecule has 3 rings (SSSR count). The van der Waals surface area contributed by atoms with Crippen molar-refractivity contribution in [3.8, 4) is 0 Å². The van der Waals surface area contributed by atoms with Crippen molar-refractivity contribution in [2.24, 2.45) is 0 Å². The predicted molar refractivity (Wildman–Crippen MR) is 124 cm³/mol. The summed E-state index contributed by atoms with van der Waals surface area (Å²) in [5.74, 6) is 0.197. The number of methoxy groups -OCH3 is 1. The van der Waals surface area contributed by atoms with Crippen LogP contribution >= 0.6 is 0 Å². The second kappa shape index (κ2) is 12.8. The molecule has 0 unspecified atom stereocenters. The van der Waals surface area contributed by atoms with Crippen LogP contribution in [0.25, 0.3) is 0 Å². The molecule has 0 N–H and O–H groups in total. The van der Waals surface area contributed by atoms with E-state index in [2.05, 4.69) is 4.74 Å². The maximum atomic E-state index is 13.5. The summed E-state index contributed by atoms with van der Waals surface area (Å²) in [6.07, 6.45) is 7.55. The molecular weight excluding hydrogens is 420 g/mol. The molecule has 0 radical (unpaired) electrons. The summed E-state index contributed by atoms with van der Waals surface area (Å²) in [5, 5.41) is 0. The van der Waals surface area contributed by atoms with Crippen molar-refractivity contribution in [1.82, 2.24) is 9.80 Å². The van der Waals surface area contributed by atoms with Crippen LogP contribution in [0.4, 0.5) is 0 Å². The van der Waals surface area contributed by atoms with Gasteiger partial charge in [-0.25, -0.2) is 0 Å². The zero-order valence-electron chi connectivity index (χ0n) is 19.4. The Bertz CT molecular complexity index is 875. The molecule has 2 aromatic rings. The van der Waals surface area contributed by atoms with Gasteiger partial charge in [0, 0.05) is 25.4 Å². The Morgan fingerprint density at radius 2 is 1.70 bits per heavy atom. The second-order valence-electron chi connectivity index (χ2n) is 8.56. The van der Waals surface area contributed by atoms with Crippen LogP contribution in [-0.4, -0.2) is 47.3 Å². The summed E-state index contributed by atoms with van der Waals surface area (Å²) in [6, 6.07) is 13.5. The van der Waals surface area contributed by atoms with Crippen molar-refractivity contribution < 1.29 is 23.5 Å². The lowest BCUT2D eigenvalue weighted by molar-refractivity contribution is -0.144. The molecule has 7 nitrogen and oxygen atoms in total. The number of hydrogen-bond acceptors (Lipinski definition) is 5. The minimum absolute atomic E-state index is 0.0370. The van der Waals surface area contributed by atoms with E-state index in [1.807, 2.05) is 36.4 Å². The van der Waals surface area contributed by atoms with Crippen LogP contribution in [-0.2, 0) is 32.2 Å². The van der Waals surface area contributed by atoms with E-state index in [-0.39, 0.29) is 43.2 Å². The van der Waals surface area contributed by atoms with E-state index in [1.165, 1.54) is 7.11 Å². The molecule has 1 aliphatic rings. The summed E-state index contributed by atoms with van der Waals surface area (Å²) in [5.41, 5.74) is 1.02. The Balaban J connectivity index is 1.71. The van der Waals surface area contributed by atoms with Crippen LogP contribution in [0.1, 0.15) is 62.7 Å². The number of furan rings is 1. The zero-order chi connectivity index (χ0) is 23.5. The minimum Gasteiger partial charge on any atom is -0.469 e. The summed E-state index contributed by atoms with van der Waals surface area (Å²) < 4.78 is 10.2. The highest BCUT2D eigenvalue weighted by Crippen LogP contribution is 2.24. The fourth-order valence-corrected chi connectivity index (χ4v) is 4.32. The van der Waals surface area contributed by atoms with E-state index in [1.54, 1.807) is 22.1 Å². The van der Waals surface area contributed by atoms with Gasteiger partial charge in [0.25, 0.3) is 0 Å². The number of rotatable bonds is 11. The highest BCUT2D eigenvalue weighted by molar-refractivity contribution is 5.85. The topological polar surface area (TPSA) is 80.1 Å². The van der Waals surface area contributed by atoms with E-state index in [0.717, 1.165) is 37.7 Å². The van der Waals surface area contributed by atoms with Crippen molar-refractivity contribution in [1.29, 1.82) is 0 Å². The van der Waals surface area contributed by atoms with Gasteiger partial charge in [-0.2, -0.15) is 0 Å². The third-order valence-corrected chi connectivity index (χ3v) is 6.14. The molecule has 1 aromatic carbocycles. The fraction of sp³-hybridized carbons (Fsp3) is 0.500. The van der Waals surface area contributed by atoms with Gasteiger partial charge in [0.1, 0.15) is 12.3 Å². The van der Waals surface area contributed by atoms with Gasteiger partial charge in [-0.1, -0.05) is 49.6 Å². The van der Waals surface area contributed by atoms with Gasteiger partial charge in [-0.05, 0) is 37.0 Å². The molecule has 1 aliphatic carbocycles. The highest BCUT2D eigenvalue weighted by atomic mass is 16.5. The van der Waals surface area contributed by atoms with Gasteiger partial charge in [-0.15, -0.1) is 0 Å². The summed E-state index contributed by atoms with van der Waals surface area (Å²) >= 11 is 0. The van der Waals surface area contributed by atoms with Crippen LogP contribution in [0.5, 0.6) is 0 Å². The molecule has 1 heterocycles.